The van der Waals surface area contributed by atoms with Gasteiger partial charge in [-0.3, -0.25) is 14.6 Å². The number of amides is 1. The molecule has 1 aliphatic heterocycles. The highest BCUT2D eigenvalue weighted by molar-refractivity contribution is 5.94. The topological polar surface area (TPSA) is 54.0 Å². The number of ether oxygens (including phenoxy) is 2. The first-order chi connectivity index (χ1) is 14.1. The molecule has 6 nitrogen and oxygen atoms in total. The van der Waals surface area contributed by atoms with E-state index in [1.807, 2.05) is 12.1 Å². The maximum absolute atomic E-state index is 12.7. The second kappa shape index (κ2) is 10.3. The quantitative estimate of drug-likeness (QED) is 0.704. The average Bonchev–Trinajstić information content (AvgIpc) is 3.20. The third-order valence-electron chi connectivity index (χ3n) is 5.45. The van der Waals surface area contributed by atoms with Crippen molar-refractivity contribution in [1.82, 2.24) is 9.80 Å². The van der Waals surface area contributed by atoms with Crippen LogP contribution in [0.2, 0.25) is 0 Å². The Bertz CT molecular complexity index is 797. The van der Waals surface area contributed by atoms with Gasteiger partial charge in [-0.05, 0) is 30.7 Å². The fourth-order valence-corrected chi connectivity index (χ4v) is 3.88. The van der Waals surface area contributed by atoms with E-state index in [4.69, 9.17) is 9.47 Å². The molecule has 0 radical (unpaired) electrons. The number of hydrogen-bond acceptors (Lipinski definition) is 5. The van der Waals surface area contributed by atoms with Crippen LogP contribution in [0.5, 0.6) is 11.5 Å². The molecular weight excluding hydrogens is 366 g/mol. The zero-order valence-electron chi connectivity index (χ0n) is 17.6. The lowest BCUT2D eigenvalue weighted by Crippen LogP contribution is -2.42. The second-order valence-corrected chi connectivity index (χ2v) is 7.34. The number of carbonyl (C=O) groups is 1. The summed E-state index contributed by atoms with van der Waals surface area (Å²) >= 11 is 0. The van der Waals surface area contributed by atoms with Crippen LogP contribution in [0.3, 0.4) is 0 Å². The molecule has 0 bridgehead atoms. The fourth-order valence-electron chi connectivity index (χ4n) is 3.88. The summed E-state index contributed by atoms with van der Waals surface area (Å²) in [6.07, 6.45) is 1.08. The number of hydrogen-bond donors (Lipinski definition) is 1. The first-order valence-electron chi connectivity index (χ1n) is 10.1. The number of nitrogens with one attached hydrogen (secondary N) is 1. The zero-order chi connectivity index (χ0) is 20.6. The summed E-state index contributed by atoms with van der Waals surface area (Å²) in [6.45, 7) is 6.31. The highest BCUT2D eigenvalue weighted by Gasteiger charge is 2.28. The van der Waals surface area contributed by atoms with Crippen molar-refractivity contribution in [2.75, 3.05) is 45.7 Å². The predicted octanol–water partition coefficient (Wildman–Crippen LogP) is 3.24. The average molecular weight is 398 g/mol. The highest BCUT2D eigenvalue weighted by atomic mass is 16.5. The Morgan fingerprint density at radius 1 is 1.17 bits per heavy atom. The van der Waals surface area contributed by atoms with Crippen LogP contribution < -0.4 is 14.8 Å². The molecule has 2 aromatic carbocycles. The summed E-state index contributed by atoms with van der Waals surface area (Å²) in [6, 6.07) is 16.3. The van der Waals surface area contributed by atoms with E-state index in [-0.39, 0.29) is 5.91 Å². The third-order valence-corrected chi connectivity index (χ3v) is 5.45. The van der Waals surface area contributed by atoms with E-state index >= 15 is 0 Å². The van der Waals surface area contributed by atoms with Gasteiger partial charge in [0, 0.05) is 31.7 Å². The van der Waals surface area contributed by atoms with Gasteiger partial charge in [0.15, 0.2) is 0 Å². The number of methoxy groups -OCH3 is 2. The van der Waals surface area contributed by atoms with E-state index in [1.165, 1.54) is 5.56 Å². The Kier molecular flexibility index (Phi) is 7.49. The van der Waals surface area contributed by atoms with E-state index in [2.05, 4.69) is 46.3 Å². The summed E-state index contributed by atoms with van der Waals surface area (Å²) in [5, 5.41) is 2.98. The highest BCUT2D eigenvalue weighted by Crippen LogP contribution is 2.29. The van der Waals surface area contributed by atoms with Crippen molar-refractivity contribution in [1.29, 1.82) is 0 Å². The minimum absolute atomic E-state index is 0.0417. The number of carbonyl (C=O) groups excluding carboxylic acids is 1. The fraction of sp³-hybridized carbons (Fsp3) is 0.435. The first-order valence-corrected chi connectivity index (χ1v) is 10.1. The van der Waals surface area contributed by atoms with Crippen molar-refractivity contribution in [2.45, 2.75) is 25.9 Å². The molecule has 2 aromatic rings. The molecule has 0 saturated carbocycles. The molecule has 1 atom stereocenters. The molecule has 1 N–H and O–H groups in total. The lowest BCUT2D eigenvalue weighted by atomic mass is 10.2. The van der Waals surface area contributed by atoms with Crippen LogP contribution in [0.15, 0.2) is 48.5 Å². The molecule has 29 heavy (non-hydrogen) atoms. The van der Waals surface area contributed by atoms with E-state index < -0.39 is 0 Å². The summed E-state index contributed by atoms with van der Waals surface area (Å²) in [4.78, 5) is 17.4. The third kappa shape index (κ3) is 5.71. The number of nitrogens with zero attached hydrogens (tertiary/aromatic N) is 2. The SMILES string of the molecule is CCN(CC(=O)Nc1cc(OC)ccc1OC)[C@@H]1CCN(Cc2ccccc2)C1. The predicted molar refractivity (Wildman–Crippen MR) is 116 cm³/mol. The molecule has 0 aromatic heterocycles. The van der Waals surface area contributed by atoms with Gasteiger partial charge >= 0.3 is 0 Å². The Morgan fingerprint density at radius 3 is 2.66 bits per heavy atom. The van der Waals surface area contributed by atoms with E-state index in [1.54, 1.807) is 26.4 Å². The lowest BCUT2D eigenvalue weighted by Gasteiger charge is -2.27. The van der Waals surface area contributed by atoms with Gasteiger partial charge in [0.05, 0.1) is 26.5 Å². The monoisotopic (exact) mass is 397 g/mol. The van der Waals surface area contributed by atoms with Crippen molar-refractivity contribution in [3.63, 3.8) is 0 Å². The van der Waals surface area contributed by atoms with Crippen molar-refractivity contribution < 1.29 is 14.3 Å². The smallest absolute Gasteiger partial charge is 0.238 e. The van der Waals surface area contributed by atoms with Crippen molar-refractivity contribution in [3.05, 3.63) is 54.1 Å². The summed E-state index contributed by atoms with van der Waals surface area (Å²) in [5.74, 6) is 1.26. The summed E-state index contributed by atoms with van der Waals surface area (Å²) in [7, 11) is 3.20. The molecule has 6 heteroatoms. The molecule has 156 valence electrons. The first kappa shape index (κ1) is 21.1. The van der Waals surface area contributed by atoms with Gasteiger partial charge in [-0.2, -0.15) is 0 Å². The minimum atomic E-state index is -0.0417. The van der Waals surface area contributed by atoms with Crippen LogP contribution in [0.1, 0.15) is 18.9 Å². The Morgan fingerprint density at radius 2 is 1.97 bits per heavy atom. The van der Waals surface area contributed by atoms with Gasteiger partial charge in [0.25, 0.3) is 0 Å². The number of benzene rings is 2. The largest absolute Gasteiger partial charge is 0.497 e. The maximum atomic E-state index is 12.7. The number of rotatable bonds is 9. The molecule has 0 spiro atoms. The Hall–Kier alpha value is -2.57. The van der Waals surface area contributed by atoms with Gasteiger partial charge in [0.1, 0.15) is 11.5 Å². The van der Waals surface area contributed by atoms with Crippen LogP contribution in [0.4, 0.5) is 5.69 Å². The van der Waals surface area contributed by atoms with Crippen molar-refractivity contribution in [3.8, 4) is 11.5 Å². The molecule has 0 aliphatic carbocycles. The number of anilines is 1. The molecule has 3 rings (SSSR count). The van der Waals surface area contributed by atoms with Crippen molar-refractivity contribution >= 4 is 11.6 Å². The van der Waals surface area contributed by atoms with E-state index in [9.17, 15) is 4.79 Å². The summed E-state index contributed by atoms with van der Waals surface area (Å²) in [5.41, 5.74) is 1.96. The molecule has 1 amide bonds. The Balaban J connectivity index is 1.56. The van der Waals surface area contributed by atoms with Gasteiger partial charge in [-0.1, -0.05) is 37.3 Å². The molecule has 1 aliphatic rings. The van der Waals surface area contributed by atoms with Crippen LogP contribution in [0.25, 0.3) is 0 Å². The van der Waals surface area contributed by atoms with Crippen LogP contribution in [0, 0.1) is 0 Å². The zero-order valence-corrected chi connectivity index (χ0v) is 17.6. The van der Waals surface area contributed by atoms with Crippen LogP contribution in [-0.2, 0) is 11.3 Å². The molecule has 0 unspecified atom stereocenters. The summed E-state index contributed by atoms with van der Waals surface area (Å²) < 4.78 is 10.6. The van der Waals surface area contributed by atoms with Crippen LogP contribution >= 0.6 is 0 Å². The standard InChI is InChI=1S/C23H31N3O3/c1-4-26(19-12-13-25(16-19)15-18-8-6-5-7-9-18)17-23(27)24-21-14-20(28-2)10-11-22(21)29-3/h5-11,14,19H,4,12-13,15-17H2,1-3H3,(H,24,27)/t19-/m1/s1. The van der Waals surface area contributed by atoms with Crippen LogP contribution in [-0.4, -0.2) is 62.1 Å². The van der Waals surface area contributed by atoms with Gasteiger partial charge in [0.2, 0.25) is 5.91 Å². The second-order valence-electron chi connectivity index (χ2n) is 7.34. The molecular formula is C23H31N3O3. The normalized spacial score (nSPS) is 16.8. The molecule has 1 heterocycles. The molecule has 1 fully saturated rings. The van der Waals surface area contributed by atoms with E-state index in [0.717, 1.165) is 32.6 Å². The number of likely N-dealkylation sites (N-methyl/N-ethyl adjacent to an activating group) is 1. The maximum Gasteiger partial charge on any atom is 0.238 e. The lowest BCUT2D eigenvalue weighted by molar-refractivity contribution is -0.117. The van der Waals surface area contributed by atoms with Gasteiger partial charge in [-0.25, -0.2) is 0 Å². The van der Waals surface area contributed by atoms with Gasteiger partial charge in [-0.15, -0.1) is 0 Å². The van der Waals surface area contributed by atoms with Gasteiger partial charge < -0.3 is 14.8 Å². The minimum Gasteiger partial charge on any atom is -0.497 e. The Labute approximate surface area is 173 Å². The molecule has 1 saturated heterocycles. The number of likely N-dealkylation sites (tertiary alicyclic amines) is 1. The van der Waals surface area contributed by atoms with E-state index in [0.29, 0.717) is 29.8 Å². The van der Waals surface area contributed by atoms with Crippen molar-refractivity contribution in [2.24, 2.45) is 0 Å².